The van der Waals surface area contributed by atoms with Gasteiger partial charge in [0.25, 0.3) is 15.9 Å². The van der Waals surface area contributed by atoms with Gasteiger partial charge in [-0.15, -0.1) is 0 Å². The number of benzene rings is 2. The number of carbonyl (C=O) groups is 1. The molecule has 2 N–H and O–H groups in total. The number of sulfonamides is 1. The minimum atomic E-state index is -3.75. The average molecular weight is 403 g/mol. The second kappa shape index (κ2) is 9.10. The normalized spacial score (nSPS) is 15.5. The summed E-state index contributed by atoms with van der Waals surface area (Å²) in [6, 6.07) is 12.9. The molecule has 6 nitrogen and oxygen atoms in total. The first-order chi connectivity index (χ1) is 13.5. The number of ether oxygens (including phenoxy) is 1. The quantitative estimate of drug-likeness (QED) is 0.717. The van der Waals surface area contributed by atoms with Crippen molar-refractivity contribution < 1.29 is 17.9 Å². The van der Waals surface area contributed by atoms with Gasteiger partial charge in [0.05, 0.1) is 12.0 Å². The molecule has 1 amide bonds. The molecule has 0 aromatic heterocycles. The van der Waals surface area contributed by atoms with Gasteiger partial charge in [0.15, 0.2) is 0 Å². The van der Waals surface area contributed by atoms with Crippen LogP contribution in [0, 0.1) is 0 Å². The molecule has 1 aliphatic rings. The highest BCUT2D eigenvalue weighted by atomic mass is 32.2. The lowest BCUT2D eigenvalue weighted by molar-refractivity contribution is 0.0933. The van der Waals surface area contributed by atoms with E-state index in [9.17, 15) is 13.2 Å². The summed E-state index contributed by atoms with van der Waals surface area (Å²) in [5.41, 5.74) is 0.795. The van der Waals surface area contributed by atoms with E-state index in [0.717, 1.165) is 25.7 Å². The Morgan fingerprint density at radius 1 is 1.00 bits per heavy atom. The molecule has 2 aromatic rings. The molecule has 3 rings (SSSR count). The van der Waals surface area contributed by atoms with Crippen LogP contribution in [0.5, 0.6) is 5.75 Å². The van der Waals surface area contributed by atoms with E-state index in [0.29, 0.717) is 17.0 Å². The van der Waals surface area contributed by atoms with Crippen LogP contribution in [-0.4, -0.2) is 27.5 Å². The van der Waals surface area contributed by atoms with E-state index in [4.69, 9.17) is 4.74 Å². The highest BCUT2D eigenvalue weighted by Gasteiger charge is 2.18. The number of rotatable bonds is 6. The Bertz CT molecular complexity index is 902. The molecule has 0 radical (unpaired) electrons. The predicted molar refractivity (Wildman–Crippen MR) is 109 cm³/mol. The molecule has 0 aliphatic heterocycles. The Labute approximate surface area is 166 Å². The summed E-state index contributed by atoms with van der Waals surface area (Å²) in [4.78, 5) is 12.7. The molecule has 28 heavy (non-hydrogen) atoms. The molecule has 0 unspecified atom stereocenters. The number of anilines is 1. The average Bonchev–Trinajstić information content (AvgIpc) is 2.96. The number of nitrogens with one attached hydrogen (secondary N) is 2. The first-order valence-electron chi connectivity index (χ1n) is 9.56. The standard InChI is InChI=1S/C21H26N2O4S/c1-27-19-11-13-20(14-12-19)28(25,26)23-18-10-6-7-16(15-18)21(24)22-17-8-4-2-3-5-9-17/h6-7,10-15,17,23H,2-5,8-9H2,1H3,(H,22,24). The van der Waals surface area contributed by atoms with Gasteiger partial charge in [-0.2, -0.15) is 0 Å². The zero-order chi connectivity index (χ0) is 20.0. The molecule has 0 spiro atoms. The highest BCUT2D eigenvalue weighted by Crippen LogP contribution is 2.21. The van der Waals surface area contributed by atoms with Crippen molar-refractivity contribution >= 4 is 21.6 Å². The molecule has 0 atom stereocenters. The number of amides is 1. The van der Waals surface area contributed by atoms with Gasteiger partial charge in [-0.25, -0.2) is 8.42 Å². The fourth-order valence-corrected chi connectivity index (χ4v) is 4.43. The SMILES string of the molecule is COc1ccc(S(=O)(=O)Nc2cccc(C(=O)NC3CCCCCC3)c2)cc1. The summed E-state index contributed by atoms with van der Waals surface area (Å²) < 4.78 is 32.8. The Morgan fingerprint density at radius 3 is 2.32 bits per heavy atom. The van der Waals surface area contributed by atoms with Crippen molar-refractivity contribution in [3.05, 3.63) is 54.1 Å². The molecular weight excluding hydrogens is 376 g/mol. The molecule has 0 bridgehead atoms. The van der Waals surface area contributed by atoms with Crippen LogP contribution in [0.4, 0.5) is 5.69 Å². The largest absolute Gasteiger partial charge is 0.497 e. The van der Waals surface area contributed by atoms with Gasteiger partial charge in [-0.05, 0) is 55.3 Å². The molecular formula is C21H26N2O4S. The summed E-state index contributed by atoms with van der Waals surface area (Å²) in [7, 11) is -2.23. The van der Waals surface area contributed by atoms with Gasteiger partial charge in [0.2, 0.25) is 0 Å². The Kier molecular flexibility index (Phi) is 6.57. The van der Waals surface area contributed by atoms with E-state index >= 15 is 0 Å². The third-order valence-electron chi connectivity index (χ3n) is 4.94. The third kappa shape index (κ3) is 5.25. The number of carbonyl (C=O) groups excluding carboxylic acids is 1. The fraction of sp³-hybridized carbons (Fsp3) is 0.381. The smallest absolute Gasteiger partial charge is 0.261 e. The van der Waals surface area contributed by atoms with Crippen molar-refractivity contribution in [3.63, 3.8) is 0 Å². The van der Waals surface area contributed by atoms with E-state index in [-0.39, 0.29) is 16.8 Å². The number of methoxy groups -OCH3 is 1. The Balaban J connectivity index is 1.70. The van der Waals surface area contributed by atoms with Gasteiger partial charge in [0.1, 0.15) is 5.75 Å². The van der Waals surface area contributed by atoms with Crippen LogP contribution in [0.15, 0.2) is 53.4 Å². The van der Waals surface area contributed by atoms with E-state index in [1.807, 2.05) is 0 Å². The minimum Gasteiger partial charge on any atom is -0.497 e. The van der Waals surface area contributed by atoms with E-state index in [1.165, 1.54) is 32.1 Å². The fourth-order valence-electron chi connectivity index (χ4n) is 3.39. The lowest BCUT2D eigenvalue weighted by atomic mass is 10.1. The maximum Gasteiger partial charge on any atom is 0.261 e. The number of hydrogen-bond acceptors (Lipinski definition) is 4. The van der Waals surface area contributed by atoms with E-state index in [2.05, 4.69) is 10.0 Å². The molecule has 1 aliphatic carbocycles. The van der Waals surface area contributed by atoms with Crippen LogP contribution in [0.2, 0.25) is 0 Å². The molecule has 2 aromatic carbocycles. The topological polar surface area (TPSA) is 84.5 Å². The van der Waals surface area contributed by atoms with E-state index < -0.39 is 10.0 Å². The van der Waals surface area contributed by atoms with Gasteiger partial charge in [0, 0.05) is 17.3 Å². The zero-order valence-corrected chi connectivity index (χ0v) is 16.8. The van der Waals surface area contributed by atoms with Crippen LogP contribution in [0.25, 0.3) is 0 Å². The molecule has 1 saturated carbocycles. The Morgan fingerprint density at radius 2 is 1.68 bits per heavy atom. The minimum absolute atomic E-state index is 0.126. The first kappa shape index (κ1) is 20.2. The van der Waals surface area contributed by atoms with Crippen LogP contribution >= 0.6 is 0 Å². The van der Waals surface area contributed by atoms with Gasteiger partial charge in [-0.3, -0.25) is 9.52 Å². The first-order valence-corrected chi connectivity index (χ1v) is 11.0. The zero-order valence-electron chi connectivity index (χ0n) is 16.0. The molecule has 1 fully saturated rings. The van der Waals surface area contributed by atoms with Crippen molar-refractivity contribution in [1.82, 2.24) is 5.32 Å². The second-order valence-electron chi connectivity index (χ2n) is 7.02. The lowest BCUT2D eigenvalue weighted by Crippen LogP contribution is -2.34. The van der Waals surface area contributed by atoms with E-state index in [1.54, 1.807) is 36.4 Å². The molecule has 0 heterocycles. The summed E-state index contributed by atoms with van der Waals surface area (Å²) in [6.45, 7) is 0. The maximum absolute atomic E-state index is 12.6. The summed E-state index contributed by atoms with van der Waals surface area (Å²) in [5, 5.41) is 3.08. The predicted octanol–water partition coefficient (Wildman–Crippen LogP) is 3.95. The lowest BCUT2D eigenvalue weighted by Gasteiger charge is -2.16. The van der Waals surface area contributed by atoms with Crippen LogP contribution < -0.4 is 14.8 Å². The van der Waals surface area contributed by atoms with Crippen LogP contribution in [0.1, 0.15) is 48.9 Å². The molecule has 150 valence electrons. The molecule has 0 saturated heterocycles. The van der Waals surface area contributed by atoms with Crippen LogP contribution in [-0.2, 0) is 10.0 Å². The third-order valence-corrected chi connectivity index (χ3v) is 6.33. The highest BCUT2D eigenvalue weighted by molar-refractivity contribution is 7.92. The molecule has 7 heteroatoms. The van der Waals surface area contributed by atoms with Crippen molar-refractivity contribution in [2.75, 3.05) is 11.8 Å². The van der Waals surface area contributed by atoms with Gasteiger partial charge in [-0.1, -0.05) is 31.7 Å². The number of hydrogen-bond donors (Lipinski definition) is 2. The van der Waals surface area contributed by atoms with Crippen molar-refractivity contribution in [1.29, 1.82) is 0 Å². The van der Waals surface area contributed by atoms with Crippen LogP contribution in [0.3, 0.4) is 0 Å². The van der Waals surface area contributed by atoms with Gasteiger partial charge >= 0.3 is 0 Å². The van der Waals surface area contributed by atoms with Crippen molar-refractivity contribution in [3.8, 4) is 5.75 Å². The van der Waals surface area contributed by atoms with Crippen molar-refractivity contribution in [2.45, 2.75) is 49.5 Å². The Hall–Kier alpha value is -2.54. The maximum atomic E-state index is 12.6. The summed E-state index contributed by atoms with van der Waals surface area (Å²) in [5.74, 6) is 0.411. The summed E-state index contributed by atoms with van der Waals surface area (Å²) in [6.07, 6.45) is 6.69. The monoisotopic (exact) mass is 402 g/mol. The summed E-state index contributed by atoms with van der Waals surface area (Å²) >= 11 is 0. The van der Waals surface area contributed by atoms with Crippen molar-refractivity contribution in [2.24, 2.45) is 0 Å². The van der Waals surface area contributed by atoms with Gasteiger partial charge < -0.3 is 10.1 Å². The second-order valence-corrected chi connectivity index (χ2v) is 8.71.